The molecule has 17 heavy (non-hydrogen) atoms. The van der Waals surface area contributed by atoms with Crippen molar-refractivity contribution < 1.29 is 18.0 Å². The molecule has 1 amide bonds. The fourth-order valence-electron chi connectivity index (χ4n) is 1.17. The number of amides is 1. The molecule has 6 heteroatoms. The molecule has 1 aromatic carbocycles. The molecule has 0 radical (unpaired) electrons. The maximum atomic E-state index is 12.6. The molecule has 2 nitrogen and oxygen atoms in total. The summed E-state index contributed by atoms with van der Waals surface area (Å²) in [5.41, 5.74) is 4.51. The average molecular weight is 308 g/mol. The van der Waals surface area contributed by atoms with Crippen LogP contribution in [-0.4, -0.2) is 5.91 Å². The van der Waals surface area contributed by atoms with Crippen molar-refractivity contribution in [1.82, 2.24) is 0 Å². The number of halogens is 4. The first kappa shape index (κ1) is 13.8. The van der Waals surface area contributed by atoms with Crippen LogP contribution < -0.4 is 5.73 Å². The summed E-state index contributed by atoms with van der Waals surface area (Å²) in [5, 5.41) is 0. The van der Waals surface area contributed by atoms with Gasteiger partial charge in [0, 0.05) is 10.9 Å². The summed E-state index contributed by atoms with van der Waals surface area (Å²) in [4.78, 5) is 10.5. The third-order valence-electron chi connectivity index (χ3n) is 1.93. The van der Waals surface area contributed by atoms with Crippen molar-refractivity contribution in [3.8, 4) is 0 Å². The molecule has 1 rings (SSSR count). The first-order chi connectivity index (χ1) is 7.80. The van der Waals surface area contributed by atoms with Crippen LogP contribution in [0.15, 0.2) is 28.7 Å². The van der Waals surface area contributed by atoms with E-state index in [1.807, 2.05) is 0 Å². The molecule has 0 atom stereocenters. The summed E-state index contributed by atoms with van der Waals surface area (Å²) >= 11 is 2.84. The van der Waals surface area contributed by atoms with Crippen molar-refractivity contribution in [1.29, 1.82) is 0 Å². The predicted octanol–water partition coefficient (Wildman–Crippen LogP) is 3.36. The standard InChI is InChI=1S/C11H9BrF3NO/c12-9-5-4-7(2-1-3-10(16)17)6-8(9)11(13,14)15/h1-2,4-6H,3H2,(H2,16,17). The highest BCUT2D eigenvalue weighted by molar-refractivity contribution is 9.10. The van der Waals surface area contributed by atoms with Crippen LogP contribution in [0.25, 0.3) is 6.08 Å². The van der Waals surface area contributed by atoms with Gasteiger partial charge in [0.15, 0.2) is 0 Å². The first-order valence-electron chi connectivity index (χ1n) is 4.62. The van der Waals surface area contributed by atoms with Gasteiger partial charge in [-0.2, -0.15) is 13.2 Å². The van der Waals surface area contributed by atoms with Crippen molar-refractivity contribution >= 4 is 27.9 Å². The lowest BCUT2D eigenvalue weighted by atomic mass is 10.1. The van der Waals surface area contributed by atoms with Gasteiger partial charge in [0.05, 0.1) is 5.56 Å². The fraction of sp³-hybridized carbons (Fsp3) is 0.182. The Bertz CT molecular complexity index is 455. The third-order valence-corrected chi connectivity index (χ3v) is 2.62. The normalized spacial score (nSPS) is 12.0. The molecular weight excluding hydrogens is 299 g/mol. The molecule has 92 valence electrons. The highest BCUT2D eigenvalue weighted by atomic mass is 79.9. The zero-order valence-electron chi connectivity index (χ0n) is 8.59. The van der Waals surface area contributed by atoms with Gasteiger partial charge >= 0.3 is 6.18 Å². The monoisotopic (exact) mass is 307 g/mol. The van der Waals surface area contributed by atoms with Gasteiger partial charge < -0.3 is 5.73 Å². The Morgan fingerprint density at radius 2 is 2.06 bits per heavy atom. The predicted molar refractivity (Wildman–Crippen MR) is 62.0 cm³/mol. The van der Waals surface area contributed by atoms with Crippen LogP contribution in [0.5, 0.6) is 0 Å². The van der Waals surface area contributed by atoms with E-state index in [4.69, 9.17) is 5.73 Å². The van der Waals surface area contributed by atoms with Gasteiger partial charge in [-0.3, -0.25) is 4.79 Å². The molecule has 0 saturated heterocycles. The van der Waals surface area contributed by atoms with Crippen LogP contribution in [0.3, 0.4) is 0 Å². The number of primary amides is 1. The van der Waals surface area contributed by atoms with Crippen molar-refractivity contribution in [3.63, 3.8) is 0 Å². The second-order valence-electron chi connectivity index (χ2n) is 3.31. The SMILES string of the molecule is NC(=O)CC=Cc1ccc(Br)c(C(F)(F)F)c1. The lowest BCUT2D eigenvalue weighted by Crippen LogP contribution is -2.08. The van der Waals surface area contributed by atoms with Crippen molar-refractivity contribution in [3.05, 3.63) is 39.9 Å². The van der Waals surface area contributed by atoms with Crippen LogP contribution in [0.1, 0.15) is 17.5 Å². The Labute approximate surface area is 104 Å². The van der Waals surface area contributed by atoms with Gasteiger partial charge in [0.1, 0.15) is 0 Å². The van der Waals surface area contributed by atoms with Crippen LogP contribution in [-0.2, 0) is 11.0 Å². The van der Waals surface area contributed by atoms with E-state index in [9.17, 15) is 18.0 Å². The Balaban J connectivity index is 2.97. The molecule has 1 aromatic rings. The fourth-order valence-corrected chi connectivity index (χ4v) is 1.65. The van der Waals surface area contributed by atoms with Crippen molar-refractivity contribution in [2.45, 2.75) is 12.6 Å². The minimum atomic E-state index is -4.41. The van der Waals surface area contributed by atoms with E-state index >= 15 is 0 Å². The number of hydrogen-bond donors (Lipinski definition) is 1. The van der Waals surface area contributed by atoms with Crippen molar-refractivity contribution in [2.24, 2.45) is 5.73 Å². The number of rotatable bonds is 3. The molecule has 0 spiro atoms. The molecule has 0 aliphatic carbocycles. The maximum Gasteiger partial charge on any atom is 0.417 e. The van der Waals surface area contributed by atoms with E-state index in [-0.39, 0.29) is 10.9 Å². The lowest BCUT2D eigenvalue weighted by Gasteiger charge is -2.09. The Kier molecular flexibility index (Phi) is 4.34. The Hall–Kier alpha value is -1.30. The highest BCUT2D eigenvalue weighted by Crippen LogP contribution is 2.35. The summed E-state index contributed by atoms with van der Waals surface area (Å²) in [5.74, 6) is -0.533. The van der Waals surface area contributed by atoms with E-state index in [1.165, 1.54) is 24.3 Å². The molecule has 0 aliphatic rings. The molecule has 0 unspecified atom stereocenters. The zero-order valence-corrected chi connectivity index (χ0v) is 10.2. The van der Waals surface area contributed by atoms with Gasteiger partial charge in [-0.1, -0.05) is 34.1 Å². The largest absolute Gasteiger partial charge is 0.417 e. The van der Waals surface area contributed by atoms with Crippen molar-refractivity contribution in [2.75, 3.05) is 0 Å². The topological polar surface area (TPSA) is 43.1 Å². The lowest BCUT2D eigenvalue weighted by molar-refractivity contribution is -0.138. The summed E-state index contributed by atoms with van der Waals surface area (Å²) in [6, 6.07) is 3.82. The summed E-state index contributed by atoms with van der Waals surface area (Å²) in [6.07, 6.45) is -1.57. The van der Waals surface area contributed by atoms with E-state index in [1.54, 1.807) is 0 Å². The Morgan fingerprint density at radius 1 is 1.41 bits per heavy atom. The summed E-state index contributed by atoms with van der Waals surface area (Å²) in [7, 11) is 0. The maximum absolute atomic E-state index is 12.6. The molecule has 0 heterocycles. The molecule has 0 aliphatic heterocycles. The second kappa shape index (κ2) is 5.35. The number of benzene rings is 1. The summed E-state index contributed by atoms with van der Waals surface area (Å²) < 4.78 is 37.6. The van der Waals surface area contributed by atoms with Gasteiger partial charge in [0.2, 0.25) is 5.91 Å². The molecular formula is C11H9BrF3NO. The molecule has 2 N–H and O–H groups in total. The highest BCUT2D eigenvalue weighted by Gasteiger charge is 2.32. The number of carbonyl (C=O) groups excluding carboxylic acids is 1. The van der Waals surface area contributed by atoms with Gasteiger partial charge in [-0.25, -0.2) is 0 Å². The first-order valence-corrected chi connectivity index (χ1v) is 5.41. The van der Waals surface area contributed by atoms with Gasteiger partial charge in [0.25, 0.3) is 0 Å². The minimum absolute atomic E-state index is 0.00256. The number of nitrogens with two attached hydrogens (primary N) is 1. The number of hydrogen-bond acceptors (Lipinski definition) is 1. The zero-order chi connectivity index (χ0) is 13.1. The molecule has 0 saturated carbocycles. The third kappa shape index (κ3) is 4.22. The molecule has 0 aromatic heterocycles. The van der Waals surface area contributed by atoms with Gasteiger partial charge in [-0.05, 0) is 17.7 Å². The molecule has 0 bridgehead atoms. The number of alkyl halides is 3. The van der Waals surface area contributed by atoms with E-state index in [0.717, 1.165) is 6.07 Å². The molecule has 0 fully saturated rings. The van der Waals surface area contributed by atoms with Crippen LogP contribution in [0.4, 0.5) is 13.2 Å². The van der Waals surface area contributed by atoms with Crippen LogP contribution in [0.2, 0.25) is 0 Å². The van der Waals surface area contributed by atoms with Gasteiger partial charge in [-0.15, -0.1) is 0 Å². The smallest absolute Gasteiger partial charge is 0.369 e. The summed E-state index contributed by atoms with van der Waals surface area (Å²) in [6.45, 7) is 0. The van der Waals surface area contributed by atoms with E-state index < -0.39 is 17.6 Å². The van der Waals surface area contributed by atoms with Crippen LogP contribution in [0, 0.1) is 0 Å². The Morgan fingerprint density at radius 3 is 2.59 bits per heavy atom. The number of carbonyl (C=O) groups is 1. The second-order valence-corrected chi connectivity index (χ2v) is 4.16. The van der Waals surface area contributed by atoms with E-state index in [2.05, 4.69) is 15.9 Å². The average Bonchev–Trinajstić information content (AvgIpc) is 2.18. The van der Waals surface area contributed by atoms with Crippen LogP contribution >= 0.6 is 15.9 Å². The minimum Gasteiger partial charge on any atom is -0.369 e. The van der Waals surface area contributed by atoms with E-state index in [0.29, 0.717) is 5.56 Å². The quantitative estimate of drug-likeness (QED) is 0.914.